The van der Waals surface area contributed by atoms with Gasteiger partial charge in [-0.15, -0.1) is 0 Å². The predicted molar refractivity (Wildman–Crippen MR) is 88.6 cm³/mol. The molecule has 0 radical (unpaired) electrons. The zero-order valence-corrected chi connectivity index (χ0v) is 13.5. The molecule has 2 rings (SSSR count). The number of aryl methyl sites for hydroxylation is 1. The number of carboxylic acids is 1. The smallest absolute Gasteiger partial charge is 0.335 e. The Labute approximate surface area is 131 Å². The lowest BCUT2D eigenvalue weighted by Gasteiger charge is -2.26. The molecule has 0 saturated heterocycles. The van der Waals surface area contributed by atoms with Crippen LogP contribution in [0.15, 0.2) is 36.4 Å². The predicted octanol–water partition coefficient (Wildman–Crippen LogP) is 4.75. The summed E-state index contributed by atoms with van der Waals surface area (Å²) in [5.74, 6) is -0.584. The Morgan fingerprint density at radius 2 is 1.68 bits per heavy atom. The van der Waals surface area contributed by atoms with Gasteiger partial charge >= 0.3 is 5.97 Å². The monoisotopic (exact) mass is 298 g/mol. The molecule has 0 aliphatic carbocycles. The number of phenols is 1. The molecular weight excluding hydrogens is 276 g/mol. The minimum Gasteiger partial charge on any atom is -0.507 e. The van der Waals surface area contributed by atoms with E-state index in [9.17, 15) is 9.90 Å². The fourth-order valence-corrected chi connectivity index (χ4v) is 2.46. The summed E-state index contributed by atoms with van der Waals surface area (Å²) in [6, 6.07) is 10.7. The number of aromatic hydroxyl groups is 1. The Bertz CT molecular complexity index is 697. The van der Waals surface area contributed by atoms with Gasteiger partial charge in [-0.3, -0.25) is 0 Å². The summed E-state index contributed by atoms with van der Waals surface area (Å²) in [4.78, 5) is 10.9. The maximum atomic E-state index is 10.9. The van der Waals surface area contributed by atoms with E-state index in [4.69, 9.17) is 5.11 Å². The first-order chi connectivity index (χ1) is 10.3. The summed E-state index contributed by atoms with van der Waals surface area (Å²) in [6.07, 6.45) is 0.918. The van der Waals surface area contributed by atoms with Crippen LogP contribution in [0, 0.1) is 6.92 Å². The fourth-order valence-electron chi connectivity index (χ4n) is 2.46. The minimum atomic E-state index is -0.929. The lowest BCUT2D eigenvalue weighted by atomic mass is 9.79. The van der Waals surface area contributed by atoms with E-state index in [-0.39, 0.29) is 11.0 Å². The van der Waals surface area contributed by atoms with E-state index in [2.05, 4.69) is 20.8 Å². The van der Waals surface area contributed by atoms with Crippen molar-refractivity contribution in [3.05, 3.63) is 53.1 Å². The largest absolute Gasteiger partial charge is 0.507 e. The number of carboxylic acid groups (broad SMARTS) is 1. The van der Waals surface area contributed by atoms with Gasteiger partial charge in [0.1, 0.15) is 5.75 Å². The molecular formula is C19H22O3. The summed E-state index contributed by atoms with van der Waals surface area (Å²) < 4.78 is 0. The first-order valence-corrected chi connectivity index (χ1v) is 7.44. The van der Waals surface area contributed by atoms with Crippen molar-refractivity contribution in [3.63, 3.8) is 0 Å². The average Bonchev–Trinajstić information content (AvgIpc) is 2.49. The van der Waals surface area contributed by atoms with Gasteiger partial charge in [-0.1, -0.05) is 32.9 Å². The maximum Gasteiger partial charge on any atom is 0.335 e. The first-order valence-electron chi connectivity index (χ1n) is 7.44. The second kappa shape index (κ2) is 5.84. The first kappa shape index (κ1) is 16.1. The van der Waals surface area contributed by atoms with Gasteiger partial charge in [-0.2, -0.15) is 0 Å². The van der Waals surface area contributed by atoms with Crippen LogP contribution in [0.25, 0.3) is 11.1 Å². The van der Waals surface area contributed by atoms with Crippen LogP contribution in [0.3, 0.4) is 0 Å². The van der Waals surface area contributed by atoms with Crippen LogP contribution in [0.4, 0.5) is 0 Å². The van der Waals surface area contributed by atoms with E-state index in [0.717, 1.165) is 28.7 Å². The molecule has 0 spiro atoms. The highest BCUT2D eigenvalue weighted by Gasteiger charge is 2.23. The van der Waals surface area contributed by atoms with E-state index in [0.29, 0.717) is 5.75 Å². The molecule has 0 atom stereocenters. The van der Waals surface area contributed by atoms with Gasteiger partial charge in [0.2, 0.25) is 0 Å². The quantitative estimate of drug-likeness (QED) is 0.856. The highest BCUT2D eigenvalue weighted by Crippen LogP contribution is 2.38. The lowest BCUT2D eigenvalue weighted by molar-refractivity contribution is 0.0697. The van der Waals surface area contributed by atoms with E-state index in [1.165, 1.54) is 0 Å². The molecule has 0 saturated carbocycles. The fraction of sp³-hybridized carbons (Fsp3) is 0.316. The number of hydrogen-bond acceptors (Lipinski definition) is 2. The van der Waals surface area contributed by atoms with Crippen molar-refractivity contribution in [2.45, 2.75) is 39.5 Å². The highest BCUT2D eigenvalue weighted by molar-refractivity contribution is 5.88. The van der Waals surface area contributed by atoms with Gasteiger partial charge in [0, 0.05) is 5.56 Å². The van der Waals surface area contributed by atoms with Gasteiger partial charge < -0.3 is 10.2 Å². The summed E-state index contributed by atoms with van der Waals surface area (Å²) in [7, 11) is 0. The molecule has 0 aliphatic heterocycles. The number of hydrogen-bond donors (Lipinski definition) is 2. The second-order valence-electron chi connectivity index (χ2n) is 6.31. The molecule has 0 amide bonds. The zero-order chi connectivity index (χ0) is 16.5. The molecule has 3 nitrogen and oxygen atoms in total. The Morgan fingerprint density at radius 3 is 2.18 bits per heavy atom. The molecule has 0 bridgehead atoms. The van der Waals surface area contributed by atoms with E-state index in [1.807, 2.05) is 19.1 Å². The molecule has 3 heteroatoms. The van der Waals surface area contributed by atoms with Crippen LogP contribution in [0.1, 0.15) is 48.7 Å². The Balaban J connectivity index is 2.55. The molecule has 2 aromatic rings. The number of rotatable bonds is 4. The van der Waals surface area contributed by atoms with Crippen LogP contribution in [0.5, 0.6) is 5.75 Å². The number of carbonyl (C=O) groups is 1. The van der Waals surface area contributed by atoms with Crippen LogP contribution < -0.4 is 0 Å². The summed E-state index contributed by atoms with van der Waals surface area (Å²) >= 11 is 0. The van der Waals surface area contributed by atoms with E-state index >= 15 is 0 Å². The highest BCUT2D eigenvalue weighted by atomic mass is 16.4. The SMILES string of the molecule is CCC(C)(C)c1cc(-c2ccc(C(=O)O)cc2)cc(C)c1O. The van der Waals surface area contributed by atoms with Crippen molar-refractivity contribution in [2.24, 2.45) is 0 Å². The average molecular weight is 298 g/mol. The van der Waals surface area contributed by atoms with Gasteiger partial charge in [0.05, 0.1) is 5.56 Å². The maximum absolute atomic E-state index is 10.9. The topological polar surface area (TPSA) is 57.5 Å². The molecule has 0 unspecified atom stereocenters. The Hall–Kier alpha value is -2.29. The van der Waals surface area contributed by atoms with Crippen molar-refractivity contribution < 1.29 is 15.0 Å². The van der Waals surface area contributed by atoms with Crippen LogP contribution in [-0.2, 0) is 5.41 Å². The third-order valence-electron chi connectivity index (χ3n) is 4.38. The summed E-state index contributed by atoms with van der Waals surface area (Å²) in [5, 5.41) is 19.4. The van der Waals surface area contributed by atoms with Gasteiger partial charge in [-0.05, 0) is 59.7 Å². The molecule has 2 aromatic carbocycles. The third kappa shape index (κ3) is 2.98. The summed E-state index contributed by atoms with van der Waals surface area (Å²) in [6.45, 7) is 8.21. The lowest BCUT2D eigenvalue weighted by Crippen LogP contribution is -2.16. The van der Waals surface area contributed by atoms with Crippen molar-refractivity contribution in [3.8, 4) is 16.9 Å². The van der Waals surface area contributed by atoms with Crippen molar-refractivity contribution in [2.75, 3.05) is 0 Å². The molecule has 22 heavy (non-hydrogen) atoms. The van der Waals surface area contributed by atoms with Crippen LogP contribution >= 0.6 is 0 Å². The minimum absolute atomic E-state index is 0.119. The normalized spacial score (nSPS) is 11.5. The molecule has 0 aromatic heterocycles. The summed E-state index contributed by atoms with van der Waals surface area (Å²) in [5.41, 5.74) is 3.84. The molecule has 2 N–H and O–H groups in total. The van der Waals surface area contributed by atoms with Crippen molar-refractivity contribution >= 4 is 5.97 Å². The third-order valence-corrected chi connectivity index (χ3v) is 4.38. The molecule has 0 aliphatic rings. The van der Waals surface area contributed by atoms with Crippen LogP contribution in [0.2, 0.25) is 0 Å². The Kier molecular flexibility index (Phi) is 4.27. The molecule has 116 valence electrons. The standard InChI is InChI=1S/C19H22O3/c1-5-19(3,4)16-11-15(10-12(2)17(16)20)13-6-8-14(9-7-13)18(21)22/h6-11,20H,5H2,1-4H3,(H,21,22). The van der Waals surface area contributed by atoms with Crippen LogP contribution in [-0.4, -0.2) is 16.2 Å². The number of phenolic OH excluding ortho intramolecular Hbond substituents is 1. The van der Waals surface area contributed by atoms with Gasteiger partial charge in [0.25, 0.3) is 0 Å². The molecule has 0 heterocycles. The number of benzene rings is 2. The number of aromatic carboxylic acids is 1. The van der Waals surface area contributed by atoms with Crippen molar-refractivity contribution in [1.82, 2.24) is 0 Å². The Morgan fingerprint density at radius 1 is 1.09 bits per heavy atom. The van der Waals surface area contributed by atoms with E-state index < -0.39 is 5.97 Å². The zero-order valence-electron chi connectivity index (χ0n) is 13.5. The second-order valence-corrected chi connectivity index (χ2v) is 6.31. The van der Waals surface area contributed by atoms with Gasteiger partial charge in [0.15, 0.2) is 0 Å². The molecule has 0 fully saturated rings. The van der Waals surface area contributed by atoms with Gasteiger partial charge in [-0.25, -0.2) is 4.79 Å². The van der Waals surface area contributed by atoms with Crippen molar-refractivity contribution in [1.29, 1.82) is 0 Å². The van der Waals surface area contributed by atoms with E-state index in [1.54, 1.807) is 24.3 Å².